The highest BCUT2D eigenvalue weighted by molar-refractivity contribution is 7.71. The smallest absolute Gasteiger partial charge is 0.178 e. The van der Waals surface area contributed by atoms with Gasteiger partial charge in [0.15, 0.2) is 4.77 Å². The first-order chi connectivity index (χ1) is 10.2. The molecule has 0 saturated heterocycles. The lowest BCUT2D eigenvalue weighted by Crippen LogP contribution is -1.98. The van der Waals surface area contributed by atoms with E-state index in [4.69, 9.17) is 17.0 Å². The van der Waals surface area contributed by atoms with Crippen LogP contribution in [0.25, 0.3) is 11.0 Å². The van der Waals surface area contributed by atoms with Gasteiger partial charge in [-0.3, -0.25) is 0 Å². The number of nitrogens with zero attached hydrogens (tertiary/aromatic N) is 2. The average molecular weight is 319 g/mol. The second-order valence-corrected chi connectivity index (χ2v) is 6.57. The topological polar surface area (TPSA) is 42.8 Å². The second kappa shape index (κ2) is 5.99. The predicted molar refractivity (Wildman–Crippen MR) is 88.9 cm³/mol. The molecule has 4 nitrogen and oxygen atoms in total. The minimum atomic E-state index is 0.707. The summed E-state index contributed by atoms with van der Waals surface area (Å²) in [5.74, 6) is 0.861. The van der Waals surface area contributed by atoms with E-state index in [1.165, 1.54) is 4.88 Å². The van der Waals surface area contributed by atoms with E-state index in [0.29, 0.717) is 11.4 Å². The molecule has 0 bridgehead atoms. The molecular formula is C15H17N3OS2. The molecule has 6 heteroatoms. The number of aryl methyl sites for hydroxylation is 1. The normalized spacial score (nSPS) is 11.1. The van der Waals surface area contributed by atoms with E-state index in [2.05, 4.69) is 27.5 Å². The van der Waals surface area contributed by atoms with Crippen molar-refractivity contribution in [2.75, 3.05) is 6.61 Å². The summed E-state index contributed by atoms with van der Waals surface area (Å²) in [5, 5.41) is 1.07. The maximum atomic E-state index is 5.79. The van der Waals surface area contributed by atoms with Crippen molar-refractivity contribution >= 4 is 34.6 Å². The van der Waals surface area contributed by atoms with E-state index in [1.807, 2.05) is 25.3 Å². The van der Waals surface area contributed by atoms with Crippen LogP contribution in [0.2, 0.25) is 0 Å². The van der Waals surface area contributed by atoms with Gasteiger partial charge in [-0.15, -0.1) is 11.3 Å². The predicted octanol–water partition coefficient (Wildman–Crippen LogP) is 4.30. The molecule has 3 rings (SSSR count). The quantitative estimate of drug-likeness (QED) is 0.713. The number of nitrogens with one attached hydrogen (secondary N) is 1. The number of aromatic nitrogens is 3. The van der Waals surface area contributed by atoms with Crippen molar-refractivity contribution in [2.24, 2.45) is 0 Å². The fourth-order valence-corrected chi connectivity index (χ4v) is 3.33. The molecule has 0 unspecified atom stereocenters. The number of thiazole rings is 1. The first-order valence-electron chi connectivity index (χ1n) is 6.94. The van der Waals surface area contributed by atoms with Crippen molar-refractivity contribution < 1.29 is 4.74 Å². The van der Waals surface area contributed by atoms with Gasteiger partial charge in [-0.1, -0.05) is 13.0 Å². The molecular weight excluding hydrogens is 302 g/mol. The summed E-state index contributed by atoms with van der Waals surface area (Å²) in [4.78, 5) is 8.77. The van der Waals surface area contributed by atoms with Crippen LogP contribution in [0.1, 0.15) is 23.2 Å². The minimum Gasteiger partial charge on any atom is -0.491 e. The lowest BCUT2D eigenvalue weighted by molar-refractivity contribution is 0.320. The van der Waals surface area contributed by atoms with Crippen LogP contribution in [0.15, 0.2) is 24.4 Å². The van der Waals surface area contributed by atoms with E-state index >= 15 is 0 Å². The van der Waals surface area contributed by atoms with Gasteiger partial charge in [-0.05, 0) is 37.7 Å². The van der Waals surface area contributed by atoms with Crippen molar-refractivity contribution in [3.05, 3.63) is 39.1 Å². The van der Waals surface area contributed by atoms with Crippen LogP contribution in [0.4, 0.5) is 0 Å². The number of para-hydroxylation sites is 1. The van der Waals surface area contributed by atoms with Gasteiger partial charge < -0.3 is 14.3 Å². The van der Waals surface area contributed by atoms with Gasteiger partial charge in [0.25, 0.3) is 0 Å². The molecule has 21 heavy (non-hydrogen) atoms. The van der Waals surface area contributed by atoms with E-state index in [1.54, 1.807) is 11.3 Å². The molecule has 0 radical (unpaired) electrons. The van der Waals surface area contributed by atoms with Gasteiger partial charge >= 0.3 is 0 Å². The summed E-state index contributed by atoms with van der Waals surface area (Å²) < 4.78 is 8.60. The van der Waals surface area contributed by atoms with Crippen LogP contribution in [0.5, 0.6) is 5.75 Å². The number of rotatable bonds is 5. The third-order valence-corrected chi connectivity index (χ3v) is 4.44. The Bertz CT molecular complexity index is 816. The summed E-state index contributed by atoms with van der Waals surface area (Å²) in [6.07, 6.45) is 2.90. The molecule has 2 heterocycles. The summed E-state index contributed by atoms with van der Waals surface area (Å²) >= 11 is 7.17. The van der Waals surface area contributed by atoms with Gasteiger partial charge in [-0.2, -0.15) is 0 Å². The molecule has 0 aliphatic rings. The molecule has 0 spiro atoms. The van der Waals surface area contributed by atoms with Crippen LogP contribution in [-0.2, 0) is 6.54 Å². The zero-order valence-corrected chi connectivity index (χ0v) is 13.7. The number of H-pyrrole nitrogens is 1. The van der Waals surface area contributed by atoms with Crippen LogP contribution in [0.3, 0.4) is 0 Å². The standard InChI is InChI=1S/C15H17N3OS2/c1-3-7-19-13-6-4-5-12-14(13)17-15(20)18(12)9-11-8-16-10(2)21-11/h4-6,8H,3,7,9H2,1-2H3,(H,17,20). The number of fused-ring (bicyclic) bond motifs is 1. The lowest BCUT2D eigenvalue weighted by atomic mass is 10.3. The van der Waals surface area contributed by atoms with Crippen LogP contribution in [0, 0.1) is 11.7 Å². The van der Waals surface area contributed by atoms with Crippen LogP contribution >= 0.6 is 23.6 Å². The van der Waals surface area contributed by atoms with Crippen molar-refractivity contribution in [3.8, 4) is 5.75 Å². The Morgan fingerprint density at radius 1 is 1.43 bits per heavy atom. The molecule has 3 aromatic rings. The summed E-state index contributed by atoms with van der Waals surface area (Å²) in [6.45, 7) is 5.56. The fourth-order valence-electron chi connectivity index (χ4n) is 2.28. The fraction of sp³-hybridized carbons (Fsp3) is 0.333. The van der Waals surface area contributed by atoms with Gasteiger partial charge in [0.05, 0.1) is 23.7 Å². The Labute approximate surface area is 132 Å². The summed E-state index contributed by atoms with van der Waals surface area (Å²) in [7, 11) is 0. The molecule has 0 atom stereocenters. The van der Waals surface area contributed by atoms with E-state index in [9.17, 15) is 0 Å². The Morgan fingerprint density at radius 2 is 2.29 bits per heavy atom. The number of ether oxygens (including phenoxy) is 1. The molecule has 110 valence electrons. The number of aromatic amines is 1. The van der Waals surface area contributed by atoms with Gasteiger partial charge in [0.1, 0.15) is 11.3 Å². The Balaban J connectivity index is 2.03. The minimum absolute atomic E-state index is 0.707. The van der Waals surface area contributed by atoms with Crippen molar-refractivity contribution in [1.82, 2.24) is 14.5 Å². The Kier molecular flexibility index (Phi) is 4.07. The van der Waals surface area contributed by atoms with E-state index in [0.717, 1.165) is 34.8 Å². The number of benzene rings is 1. The number of hydrogen-bond donors (Lipinski definition) is 1. The Morgan fingerprint density at radius 3 is 3.00 bits per heavy atom. The monoisotopic (exact) mass is 319 g/mol. The molecule has 0 aliphatic heterocycles. The van der Waals surface area contributed by atoms with Gasteiger partial charge in [-0.25, -0.2) is 4.98 Å². The summed E-state index contributed by atoms with van der Waals surface area (Å²) in [5.41, 5.74) is 2.04. The summed E-state index contributed by atoms with van der Waals surface area (Å²) in [6, 6.07) is 6.04. The third kappa shape index (κ3) is 2.87. The first-order valence-corrected chi connectivity index (χ1v) is 8.17. The highest BCUT2D eigenvalue weighted by Gasteiger charge is 2.10. The van der Waals surface area contributed by atoms with Gasteiger partial charge in [0, 0.05) is 11.1 Å². The number of hydrogen-bond acceptors (Lipinski definition) is 4. The van der Waals surface area contributed by atoms with Crippen molar-refractivity contribution in [2.45, 2.75) is 26.8 Å². The third-order valence-electron chi connectivity index (χ3n) is 3.22. The maximum Gasteiger partial charge on any atom is 0.178 e. The highest BCUT2D eigenvalue weighted by Crippen LogP contribution is 2.26. The van der Waals surface area contributed by atoms with E-state index < -0.39 is 0 Å². The highest BCUT2D eigenvalue weighted by atomic mass is 32.1. The molecule has 0 saturated carbocycles. The molecule has 1 N–H and O–H groups in total. The molecule has 0 fully saturated rings. The largest absolute Gasteiger partial charge is 0.491 e. The zero-order chi connectivity index (χ0) is 14.8. The molecule has 1 aromatic carbocycles. The Hall–Kier alpha value is -1.66. The molecule has 2 aromatic heterocycles. The number of imidazole rings is 1. The van der Waals surface area contributed by atoms with Crippen molar-refractivity contribution in [3.63, 3.8) is 0 Å². The first kappa shape index (κ1) is 14.3. The van der Waals surface area contributed by atoms with E-state index in [-0.39, 0.29) is 0 Å². The molecule has 0 amide bonds. The zero-order valence-electron chi connectivity index (χ0n) is 12.0. The van der Waals surface area contributed by atoms with Gasteiger partial charge in [0.2, 0.25) is 0 Å². The lowest BCUT2D eigenvalue weighted by Gasteiger charge is -2.06. The van der Waals surface area contributed by atoms with Crippen LogP contribution in [-0.4, -0.2) is 21.1 Å². The van der Waals surface area contributed by atoms with Crippen molar-refractivity contribution in [1.29, 1.82) is 0 Å². The second-order valence-electron chi connectivity index (χ2n) is 4.86. The SMILES string of the molecule is CCCOc1cccc2c1[nH]c(=S)n2Cc1cnc(C)s1. The maximum absolute atomic E-state index is 5.79. The van der Waals surface area contributed by atoms with Crippen LogP contribution < -0.4 is 4.74 Å². The molecule has 0 aliphatic carbocycles. The average Bonchev–Trinajstić information content (AvgIpc) is 3.02.